The van der Waals surface area contributed by atoms with Gasteiger partial charge < -0.3 is 94.7 Å². The zero-order chi connectivity index (χ0) is 71.6. The highest BCUT2D eigenvalue weighted by Crippen LogP contribution is 2.22. The monoisotopic (exact) mass is 1390 g/mol. The lowest BCUT2D eigenvalue weighted by Crippen LogP contribution is -2.62. The molecule has 31 nitrogen and oxygen atoms in total. The average molecular weight is 1390 g/mol. The largest absolute Gasteiger partial charge is 0.508 e. The van der Waals surface area contributed by atoms with Crippen LogP contribution in [-0.4, -0.2) is 210 Å². The number of aromatic nitrogens is 1. The number of fused-ring (bicyclic) bond motifs is 1. The first-order chi connectivity index (χ1) is 46.0. The first-order valence-electron chi connectivity index (χ1n) is 31.5. The van der Waals surface area contributed by atoms with E-state index in [9.17, 15) is 78.0 Å². The highest BCUT2D eigenvalue weighted by Gasteiger charge is 2.42. The molecule has 0 radical (unpaired) electrons. The van der Waals surface area contributed by atoms with Crippen molar-refractivity contribution in [3.05, 3.63) is 102 Å². The molecule has 0 saturated carbocycles. The van der Waals surface area contributed by atoms with Crippen molar-refractivity contribution in [2.45, 2.75) is 164 Å². The van der Waals surface area contributed by atoms with Crippen LogP contribution in [0.4, 0.5) is 0 Å². The van der Waals surface area contributed by atoms with E-state index in [2.05, 4.69) is 78.1 Å². The summed E-state index contributed by atoms with van der Waals surface area (Å²) in [6, 6.07) is 4.35. The molecule has 0 aliphatic carbocycles. The van der Waals surface area contributed by atoms with E-state index in [4.69, 9.17) is 16.6 Å². The second-order valence-corrected chi connectivity index (χ2v) is 24.6. The number of aliphatic hydroxyl groups excluding tert-OH is 1. The Balaban J connectivity index is 1.42. The van der Waals surface area contributed by atoms with Crippen LogP contribution in [0.15, 0.2) is 85.1 Å². The number of nitrogens with one attached hydrogen (secondary N) is 10. The van der Waals surface area contributed by atoms with Crippen LogP contribution in [0.25, 0.3) is 10.9 Å². The van der Waals surface area contributed by atoms with Gasteiger partial charge in [-0.05, 0) is 92.8 Å². The number of hydrogen-bond donors (Lipinski definition) is 19. The lowest BCUT2D eigenvalue weighted by atomic mass is 10.0. The summed E-state index contributed by atoms with van der Waals surface area (Å²) in [4.78, 5) is 181. The molecule has 2 heterocycles. The number of para-hydroxylation sites is 1. The first kappa shape index (κ1) is 78.4. The van der Waals surface area contributed by atoms with Crippen LogP contribution in [0.5, 0.6) is 5.75 Å². The van der Waals surface area contributed by atoms with Crippen molar-refractivity contribution in [2.75, 3.05) is 24.6 Å². The zero-order valence-corrected chi connectivity index (χ0v) is 55.5. The third-order valence-corrected chi connectivity index (χ3v) is 16.7. The predicted octanol–water partition coefficient (Wildman–Crippen LogP) is -1.97. The van der Waals surface area contributed by atoms with Gasteiger partial charge in [-0.25, -0.2) is 4.79 Å². The molecule has 1 aliphatic heterocycles. The van der Waals surface area contributed by atoms with Crippen molar-refractivity contribution in [3.63, 3.8) is 0 Å². The maximum absolute atomic E-state index is 15.0. The summed E-state index contributed by atoms with van der Waals surface area (Å²) in [5.74, 6) is -15.2. The molecule has 3 aromatic carbocycles. The zero-order valence-electron chi connectivity index (χ0n) is 53.7. The quantitative estimate of drug-likeness (QED) is 0.0170. The Morgan fingerprint density at radius 3 is 1.60 bits per heavy atom. The standard InChI is InChI=1S/C64H87N13O18S2/c1-33(2)52(64(94)95)75-61(91)48(32-97)74-57(87)44(27-36-18-20-38(79)21-19-36)69-55(85)42(16-9-10-24-65)68-58(88)45(28-37-30-67-41-15-8-7-14-39(37)41)71-56(86)43(26-35-12-5-4-6-13-35)70-60(90)47(31-96)73-59(89)46(29-51(82)83)72-62(92)49-17-11-25-77(49)63(93)53(34(3)78)76-54(84)40(66)22-23-50(80)81/h4-8,12-15,18-21,30,33-34,40,42-49,52-53,67,78-79,96-97H,9-11,16-17,22-29,31-32,65-66H2,1-3H3,(H,68,88)(H,69,85)(H,70,90)(H,71,86)(H,72,92)(H,73,89)(H,74,87)(H,75,91)(H,76,84)(H,80,81)(H,82,83)(H,94,95)/t34-,40+,42+,43+,44+,45+,46+,47+,48+,49-,52+,53+/m1/s1. The molecule has 528 valence electrons. The van der Waals surface area contributed by atoms with Crippen LogP contribution < -0.4 is 59.3 Å². The molecule has 0 bridgehead atoms. The smallest absolute Gasteiger partial charge is 0.326 e. The minimum Gasteiger partial charge on any atom is -0.508 e. The molecule has 33 heteroatoms. The Hall–Kier alpha value is -9.31. The Morgan fingerprint density at radius 1 is 0.567 bits per heavy atom. The fourth-order valence-corrected chi connectivity index (χ4v) is 11.1. The van der Waals surface area contributed by atoms with E-state index in [1.165, 1.54) is 31.2 Å². The van der Waals surface area contributed by atoms with Gasteiger partial charge in [-0.1, -0.05) is 74.5 Å². The second-order valence-electron chi connectivity index (χ2n) is 23.8. The summed E-state index contributed by atoms with van der Waals surface area (Å²) in [6.07, 6.45) is -1.67. The fourth-order valence-electron chi connectivity index (χ4n) is 10.6. The van der Waals surface area contributed by atoms with Gasteiger partial charge in [-0.15, -0.1) is 0 Å². The highest BCUT2D eigenvalue weighted by atomic mass is 32.1. The van der Waals surface area contributed by atoms with E-state index in [0.29, 0.717) is 34.0 Å². The van der Waals surface area contributed by atoms with Crippen LogP contribution in [0.3, 0.4) is 0 Å². The molecule has 5 rings (SSSR count). The molecule has 1 aliphatic rings. The van der Waals surface area contributed by atoms with Crippen molar-refractivity contribution < 1.29 is 87.9 Å². The van der Waals surface area contributed by atoms with Crippen LogP contribution >= 0.6 is 25.3 Å². The molecule has 4 aromatic rings. The number of aromatic hydroxyl groups is 1. The van der Waals surface area contributed by atoms with Gasteiger partial charge in [0.1, 0.15) is 66.2 Å². The molecule has 97 heavy (non-hydrogen) atoms. The number of amides is 10. The maximum atomic E-state index is 15.0. The van der Waals surface area contributed by atoms with E-state index in [1.807, 2.05) is 0 Å². The topological polar surface area (TPSA) is 502 Å². The molecule has 19 N–H and O–H groups in total. The first-order valence-corrected chi connectivity index (χ1v) is 32.7. The van der Waals surface area contributed by atoms with Crippen LogP contribution in [-0.2, 0) is 81.6 Å². The number of aliphatic hydroxyl groups is 1. The molecule has 0 spiro atoms. The van der Waals surface area contributed by atoms with Gasteiger partial charge in [0.2, 0.25) is 59.1 Å². The average Bonchev–Trinajstić information content (AvgIpc) is 1.78. The van der Waals surface area contributed by atoms with Gasteiger partial charge in [0, 0.05) is 60.8 Å². The van der Waals surface area contributed by atoms with E-state index >= 15 is 4.79 Å². The van der Waals surface area contributed by atoms with Gasteiger partial charge >= 0.3 is 17.9 Å². The Morgan fingerprint density at radius 2 is 1.06 bits per heavy atom. The number of likely N-dealkylation sites (tertiary alicyclic amines) is 1. The number of aliphatic carboxylic acids is 3. The van der Waals surface area contributed by atoms with Crippen molar-refractivity contribution in [3.8, 4) is 5.75 Å². The number of nitrogens with zero attached hydrogens (tertiary/aromatic N) is 1. The van der Waals surface area contributed by atoms with Gasteiger partial charge in [-0.2, -0.15) is 25.3 Å². The Labute approximate surface area is 569 Å². The molecule has 10 amide bonds. The number of carbonyl (C=O) groups excluding carboxylic acids is 10. The van der Waals surface area contributed by atoms with Crippen LogP contribution in [0, 0.1) is 5.92 Å². The molecule has 1 saturated heterocycles. The van der Waals surface area contributed by atoms with Gasteiger partial charge in [0.15, 0.2) is 0 Å². The highest BCUT2D eigenvalue weighted by molar-refractivity contribution is 7.80. The SMILES string of the molecule is CC(C)[C@H](NC(=O)[C@H](CS)NC(=O)[C@H](Cc1ccc(O)cc1)NC(=O)[C@H](CCCCN)NC(=O)[C@H](Cc1c[nH]c2ccccc12)NC(=O)[C@H](Cc1ccccc1)NC(=O)[C@H](CS)NC(=O)[C@H](CC(=O)O)NC(=O)[C@H]1CCCN1C(=O)[C@@H](NC(=O)[C@@H](N)CCC(=O)O)[C@@H](C)O)C(=O)O. The number of thiol groups is 2. The number of phenolic OH excluding ortho intramolecular Hbond substituents is 1. The number of carbonyl (C=O) groups is 13. The molecule has 12 atom stereocenters. The predicted molar refractivity (Wildman–Crippen MR) is 358 cm³/mol. The summed E-state index contributed by atoms with van der Waals surface area (Å²) >= 11 is 8.52. The van der Waals surface area contributed by atoms with Gasteiger partial charge in [0.25, 0.3) is 0 Å². The van der Waals surface area contributed by atoms with E-state index in [1.54, 1.807) is 74.6 Å². The van der Waals surface area contributed by atoms with Crippen molar-refractivity contribution in [1.82, 2.24) is 57.7 Å². The Kier molecular flexibility index (Phi) is 31.1. The number of hydrogen-bond acceptors (Lipinski definition) is 19. The van der Waals surface area contributed by atoms with Crippen molar-refractivity contribution in [1.29, 1.82) is 0 Å². The molecular weight excluding hydrogens is 1300 g/mol. The number of benzene rings is 3. The third kappa shape index (κ3) is 24.1. The number of H-pyrrole nitrogens is 1. The van der Waals surface area contributed by atoms with E-state index < -0.39 is 174 Å². The number of rotatable bonds is 39. The number of carboxylic acid groups (broad SMARTS) is 3. The minimum absolute atomic E-state index is 0.0104. The van der Waals surface area contributed by atoms with Crippen LogP contribution in [0.2, 0.25) is 0 Å². The molecule has 1 fully saturated rings. The fraction of sp³-hybridized carbons (Fsp3) is 0.484. The molecule has 1 aromatic heterocycles. The molecule has 0 unspecified atom stereocenters. The van der Waals surface area contributed by atoms with Gasteiger partial charge in [0.05, 0.1) is 18.6 Å². The second kappa shape index (κ2) is 38.4. The van der Waals surface area contributed by atoms with Gasteiger partial charge in [-0.3, -0.25) is 57.5 Å². The maximum Gasteiger partial charge on any atom is 0.326 e. The number of aromatic amines is 1. The summed E-state index contributed by atoms with van der Waals surface area (Å²) in [6.45, 7) is 4.44. The van der Waals surface area contributed by atoms with E-state index in [0.717, 1.165) is 4.90 Å². The lowest BCUT2D eigenvalue weighted by molar-refractivity contribution is -0.145. The summed E-state index contributed by atoms with van der Waals surface area (Å²) in [5, 5.41) is 72.7. The number of phenols is 1. The summed E-state index contributed by atoms with van der Waals surface area (Å²) in [5.41, 5.74) is 13.8. The number of nitrogens with two attached hydrogens (primary N) is 2. The Bertz CT molecular complexity index is 3420. The minimum atomic E-state index is -1.90. The summed E-state index contributed by atoms with van der Waals surface area (Å²) < 4.78 is 0. The lowest BCUT2D eigenvalue weighted by Gasteiger charge is -2.31. The van der Waals surface area contributed by atoms with Crippen molar-refractivity contribution >= 4 is 113 Å². The normalized spacial score (nSPS) is 16.2. The third-order valence-electron chi connectivity index (χ3n) is 16.0. The van der Waals surface area contributed by atoms with Crippen LogP contribution in [0.1, 0.15) is 88.8 Å². The molecular formula is C64H87N13O18S2. The van der Waals surface area contributed by atoms with E-state index in [-0.39, 0.29) is 76.0 Å². The summed E-state index contributed by atoms with van der Waals surface area (Å²) in [7, 11) is 0. The number of unbranched alkanes of at least 4 members (excludes halogenated alkanes) is 1. The number of carboxylic acids is 3. The van der Waals surface area contributed by atoms with Crippen molar-refractivity contribution in [2.24, 2.45) is 17.4 Å².